The smallest absolute Gasteiger partial charge is 0.410 e. The molecule has 0 radical (unpaired) electrons. The fourth-order valence-corrected chi connectivity index (χ4v) is 6.81. The van der Waals surface area contributed by atoms with Crippen LogP contribution >= 0.6 is 0 Å². The van der Waals surface area contributed by atoms with Crippen molar-refractivity contribution in [2.24, 2.45) is 17.8 Å². The number of carbonyl (C=O) groups excluding carboxylic acids is 2. The van der Waals surface area contributed by atoms with E-state index in [1.54, 1.807) is 12.0 Å². The first-order chi connectivity index (χ1) is 17.6. The van der Waals surface area contributed by atoms with Crippen molar-refractivity contribution in [3.8, 4) is 0 Å². The van der Waals surface area contributed by atoms with Crippen LogP contribution in [-0.4, -0.2) is 117 Å². The van der Waals surface area contributed by atoms with Crippen molar-refractivity contribution in [1.82, 2.24) is 14.7 Å². The minimum absolute atomic E-state index is 0.0379. The molecule has 2 amide bonds. The zero-order valence-electron chi connectivity index (χ0n) is 23.4. The van der Waals surface area contributed by atoms with Gasteiger partial charge in [-0.2, -0.15) is 0 Å². The lowest BCUT2D eigenvalue weighted by atomic mass is 9.68. The van der Waals surface area contributed by atoms with Crippen LogP contribution < -0.4 is 0 Å². The summed E-state index contributed by atoms with van der Waals surface area (Å²) in [6.45, 7) is 11.2. The van der Waals surface area contributed by atoms with Crippen molar-refractivity contribution >= 4 is 12.0 Å². The fraction of sp³-hybridized carbons (Fsp3) is 0.857. The molecular formula is C28H45N3O6. The van der Waals surface area contributed by atoms with Crippen molar-refractivity contribution in [3.05, 3.63) is 11.6 Å². The molecule has 1 spiro atoms. The van der Waals surface area contributed by atoms with E-state index in [1.807, 2.05) is 19.0 Å². The van der Waals surface area contributed by atoms with Crippen LogP contribution in [0.1, 0.15) is 46.5 Å². The summed E-state index contributed by atoms with van der Waals surface area (Å²) in [6.07, 6.45) is 5.11. The first kappa shape index (κ1) is 26.9. The van der Waals surface area contributed by atoms with Crippen molar-refractivity contribution < 1.29 is 28.5 Å². The van der Waals surface area contributed by atoms with Gasteiger partial charge in [0.15, 0.2) is 0 Å². The molecule has 4 saturated heterocycles. The second kappa shape index (κ2) is 10.1. The number of hydrogen-bond donors (Lipinski definition) is 0. The summed E-state index contributed by atoms with van der Waals surface area (Å²) in [7, 11) is 5.34. The summed E-state index contributed by atoms with van der Waals surface area (Å²) in [5.41, 5.74) is 0.742. The molecule has 9 heteroatoms. The number of epoxide rings is 2. The van der Waals surface area contributed by atoms with Crippen LogP contribution in [0.15, 0.2) is 11.6 Å². The minimum atomic E-state index is -0.330. The van der Waals surface area contributed by atoms with Gasteiger partial charge in [-0.15, -0.1) is 0 Å². The lowest BCUT2D eigenvalue weighted by molar-refractivity contribution is -0.138. The molecule has 9 nitrogen and oxygen atoms in total. The average molecular weight is 520 g/mol. The van der Waals surface area contributed by atoms with E-state index in [4.69, 9.17) is 18.9 Å². The van der Waals surface area contributed by atoms with Crippen molar-refractivity contribution in [2.45, 2.75) is 76.0 Å². The molecule has 4 aliphatic heterocycles. The molecule has 1 saturated carbocycles. The van der Waals surface area contributed by atoms with Gasteiger partial charge in [-0.25, -0.2) is 4.79 Å². The van der Waals surface area contributed by atoms with Crippen molar-refractivity contribution in [3.63, 3.8) is 0 Å². The van der Waals surface area contributed by atoms with E-state index >= 15 is 0 Å². The zero-order chi connectivity index (χ0) is 26.5. The Morgan fingerprint density at radius 2 is 1.86 bits per heavy atom. The first-order valence-corrected chi connectivity index (χ1v) is 13.9. The normalized spacial score (nSPS) is 37.5. The maximum absolute atomic E-state index is 13.0. The number of likely N-dealkylation sites (tertiary alicyclic amines) is 2. The second-order valence-electron chi connectivity index (χ2n) is 12.5. The Bertz CT molecular complexity index is 904. The van der Waals surface area contributed by atoms with Gasteiger partial charge in [0.25, 0.3) is 0 Å². The predicted molar refractivity (Wildman–Crippen MR) is 138 cm³/mol. The minimum Gasteiger partial charge on any atom is -0.443 e. The highest BCUT2D eigenvalue weighted by Gasteiger charge is 2.72. The van der Waals surface area contributed by atoms with Crippen LogP contribution in [0.5, 0.6) is 0 Å². The molecule has 0 aromatic heterocycles. The quantitative estimate of drug-likeness (QED) is 0.342. The van der Waals surface area contributed by atoms with Crippen LogP contribution in [0.2, 0.25) is 0 Å². The second-order valence-corrected chi connectivity index (χ2v) is 12.5. The summed E-state index contributed by atoms with van der Waals surface area (Å²) in [6, 6.07) is 0. The number of allylic oxidation sites excluding steroid dienone is 1. The molecule has 0 aromatic rings. The monoisotopic (exact) mass is 519 g/mol. The maximum Gasteiger partial charge on any atom is 0.410 e. The number of ether oxygens (including phenoxy) is 4. The number of methoxy groups -OCH3 is 1. The molecule has 0 unspecified atom stereocenters. The van der Waals surface area contributed by atoms with Crippen LogP contribution in [-0.2, 0) is 23.7 Å². The Kier molecular flexibility index (Phi) is 7.37. The third-order valence-electron chi connectivity index (χ3n) is 9.31. The molecule has 4 heterocycles. The average Bonchev–Trinajstić information content (AvgIpc) is 3.70. The Balaban J connectivity index is 1.09. The van der Waals surface area contributed by atoms with Gasteiger partial charge < -0.3 is 33.6 Å². The van der Waals surface area contributed by atoms with Gasteiger partial charge in [-0.05, 0) is 58.9 Å². The van der Waals surface area contributed by atoms with Crippen LogP contribution in [0.25, 0.3) is 0 Å². The van der Waals surface area contributed by atoms with Gasteiger partial charge in [0, 0.05) is 47.4 Å². The van der Waals surface area contributed by atoms with E-state index in [1.165, 1.54) is 5.57 Å². The van der Waals surface area contributed by atoms with E-state index in [0.717, 1.165) is 65.0 Å². The molecule has 37 heavy (non-hydrogen) atoms. The predicted octanol–water partition coefficient (Wildman–Crippen LogP) is 2.54. The molecule has 5 aliphatic rings. The van der Waals surface area contributed by atoms with E-state index in [-0.39, 0.29) is 53.4 Å². The van der Waals surface area contributed by atoms with Gasteiger partial charge in [-0.1, -0.05) is 11.6 Å². The topological polar surface area (TPSA) is 87.4 Å². The molecule has 1 aliphatic carbocycles. The van der Waals surface area contributed by atoms with Crippen LogP contribution in [0.4, 0.5) is 4.79 Å². The largest absolute Gasteiger partial charge is 0.443 e. The molecule has 0 aromatic carbocycles. The summed E-state index contributed by atoms with van der Waals surface area (Å²) in [5, 5.41) is 0. The molecule has 0 N–H and O–H groups in total. The highest BCUT2D eigenvalue weighted by molar-refractivity contribution is 5.79. The van der Waals surface area contributed by atoms with Crippen LogP contribution in [0, 0.1) is 17.8 Å². The van der Waals surface area contributed by atoms with E-state index in [9.17, 15) is 9.59 Å². The van der Waals surface area contributed by atoms with E-state index in [2.05, 4.69) is 31.7 Å². The van der Waals surface area contributed by atoms with Crippen LogP contribution in [0.3, 0.4) is 0 Å². The number of carbonyl (C=O) groups is 2. The van der Waals surface area contributed by atoms with Gasteiger partial charge >= 0.3 is 6.09 Å². The number of nitrogens with zero attached hydrogens (tertiary/aromatic N) is 3. The summed E-state index contributed by atoms with van der Waals surface area (Å²) in [4.78, 5) is 30.8. The van der Waals surface area contributed by atoms with Crippen molar-refractivity contribution in [2.75, 3.05) is 60.5 Å². The lowest BCUT2D eigenvalue weighted by Gasteiger charge is -2.45. The highest BCUT2D eigenvalue weighted by atomic mass is 16.6. The Morgan fingerprint density at radius 3 is 2.46 bits per heavy atom. The fourth-order valence-electron chi connectivity index (χ4n) is 6.81. The Morgan fingerprint density at radius 1 is 1.16 bits per heavy atom. The number of amides is 2. The Labute approximate surface area is 221 Å². The Hall–Kier alpha value is -1.68. The molecule has 5 fully saturated rings. The van der Waals surface area contributed by atoms with E-state index < -0.39 is 0 Å². The van der Waals surface area contributed by atoms with Crippen molar-refractivity contribution in [1.29, 1.82) is 0 Å². The SMILES string of the molecule is CO[C@@H]1[C@H](OC(=O)N2CC(CCN3CC(C(=O)N(C)C)C3)C2)CC[C@]2(CO2)[C@H]1[C@@]1(C)O[C@@H]1CC=C(C)C. The number of hydrogen-bond acceptors (Lipinski definition) is 7. The summed E-state index contributed by atoms with van der Waals surface area (Å²) >= 11 is 0. The highest BCUT2D eigenvalue weighted by Crippen LogP contribution is 2.59. The van der Waals surface area contributed by atoms with Gasteiger partial charge in [0.1, 0.15) is 23.4 Å². The van der Waals surface area contributed by atoms with Gasteiger partial charge in [-0.3, -0.25) is 4.79 Å². The van der Waals surface area contributed by atoms with Gasteiger partial charge in [0.2, 0.25) is 5.91 Å². The molecule has 0 bridgehead atoms. The first-order valence-electron chi connectivity index (χ1n) is 13.9. The maximum atomic E-state index is 13.0. The third kappa shape index (κ3) is 5.29. The summed E-state index contributed by atoms with van der Waals surface area (Å²) in [5.74, 6) is 0.891. The standard InChI is InChI=1S/C28H45N3O6/c1-18(2)7-8-22-27(3,37-22)24-23(34-6)21(9-11-28(24)17-35-28)36-26(33)31-13-19(14-31)10-12-30-15-20(16-30)25(32)29(4)5/h7,19-24H,8-17H2,1-6H3/t21-,22-,23-,24-,27+,28+/m1/s1. The molecule has 6 atom stereocenters. The van der Waals surface area contributed by atoms with E-state index in [0.29, 0.717) is 5.92 Å². The summed E-state index contributed by atoms with van der Waals surface area (Å²) < 4.78 is 24.3. The lowest BCUT2D eigenvalue weighted by Crippen LogP contribution is -2.58. The molecule has 5 rings (SSSR count). The van der Waals surface area contributed by atoms with Gasteiger partial charge in [0.05, 0.1) is 24.5 Å². The number of rotatable bonds is 9. The molecular weight excluding hydrogens is 474 g/mol. The zero-order valence-corrected chi connectivity index (χ0v) is 23.4. The third-order valence-corrected chi connectivity index (χ3v) is 9.31. The molecule has 208 valence electrons.